The van der Waals surface area contributed by atoms with E-state index in [1.165, 1.54) is 0 Å². The van der Waals surface area contributed by atoms with Crippen molar-refractivity contribution in [3.8, 4) is 0 Å². The van der Waals surface area contributed by atoms with Gasteiger partial charge in [-0.25, -0.2) is 0 Å². The molecular formula is CH3NaO2. The first-order chi connectivity index (χ1) is 1.41. The van der Waals surface area contributed by atoms with Gasteiger partial charge >= 0.3 is 29.6 Å². The van der Waals surface area contributed by atoms with Crippen LogP contribution in [0.1, 0.15) is 0 Å². The molecule has 0 spiro atoms. The molecule has 3 heteroatoms. The van der Waals surface area contributed by atoms with Crippen molar-refractivity contribution in [2.75, 3.05) is 7.11 Å². The third kappa shape index (κ3) is 12.7. The van der Waals surface area contributed by atoms with Gasteiger partial charge in [-0.05, 0) is 0 Å². The molecule has 0 fully saturated rings. The average Bonchev–Trinajstić information content (AvgIpc) is 0.918. The summed E-state index contributed by atoms with van der Waals surface area (Å²) in [7, 11) is 1.07. The first-order valence-electron chi connectivity index (χ1n) is 0.575. The molecule has 0 atom stereocenters. The Kier molecular flexibility index (Phi) is 20.1. The molecule has 0 bridgehead atoms. The molecule has 0 aliphatic rings. The zero-order valence-electron chi connectivity index (χ0n) is 2.82. The molecule has 0 aliphatic heterocycles. The molecule has 0 aromatic carbocycles. The van der Waals surface area contributed by atoms with Crippen molar-refractivity contribution in [3.05, 3.63) is 0 Å². The summed E-state index contributed by atoms with van der Waals surface area (Å²) in [6.07, 6.45) is 0. The molecule has 0 radical (unpaired) electrons. The van der Waals surface area contributed by atoms with E-state index in [1.807, 2.05) is 0 Å². The molecule has 0 rings (SSSR count). The Morgan fingerprint density at radius 3 is 1.75 bits per heavy atom. The number of hydrogen-bond acceptors (Lipinski definition) is 2. The second kappa shape index (κ2) is 9.07. The first kappa shape index (κ1) is 8.87. The molecule has 0 saturated carbocycles. The van der Waals surface area contributed by atoms with Gasteiger partial charge in [0.2, 0.25) is 0 Å². The van der Waals surface area contributed by atoms with Crippen molar-refractivity contribution in [1.82, 2.24) is 0 Å². The van der Waals surface area contributed by atoms with Gasteiger partial charge in [-0.2, -0.15) is 0 Å². The molecule has 0 heterocycles. The van der Waals surface area contributed by atoms with E-state index in [2.05, 4.69) is 4.89 Å². The first-order valence-corrected chi connectivity index (χ1v) is 0.575. The van der Waals surface area contributed by atoms with Crippen LogP contribution >= 0.6 is 0 Å². The largest absolute Gasteiger partial charge is 1.00 e. The third-order valence-corrected chi connectivity index (χ3v) is 0. The predicted octanol–water partition coefficient (Wildman–Crippen LogP) is -4.09. The molecule has 0 amide bonds. The zero-order chi connectivity index (χ0) is 2.71. The molecule has 4 heavy (non-hydrogen) atoms. The van der Waals surface area contributed by atoms with E-state index < -0.39 is 0 Å². The maximum absolute atomic E-state index is 8.43. The van der Waals surface area contributed by atoms with Crippen LogP contribution in [0.2, 0.25) is 0 Å². The van der Waals surface area contributed by atoms with Gasteiger partial charge in [0.1, 0.15) is 0 Å². The smallest absolute Gasteiger partial charge is 0.724 e. The summed E-state index contributed by atoms with van der Waals surface area (Å²) in [6, 6.07) is 0. The Morgan fingerprint density at radius 1 is 1.75 bits per heavy atom. The Morgan fingerprint density at radius 2 is 1.75 bits per heavy atom. The van der Waals surface area contributed by atoms with E-state index in [0.29, 0.717) is 0 Å². The fraction of sp³-hybridized carbons (Fsp3) is 1.00. The van der Waals surface area contributed by atoms with Crippen LogP contribution < -0.4 is 34.8 Å². The summed E-state index contributed by atoms with van der Waals surface area (Å²) < 4.78 is 0. The summed E-state index contributed by atoms with van der Waals surface area (Å²) in [5.41, 5.74) is 0. The van der Waals surface area contributed by atoms with Crippen molar-refractivity contribution in [2.45, 2.75) is 0 Å². The molecule has 0 saturated heterocycles. The third-order valence-electron chi connectivity index (χ3n) is 0. The molecule has 0 aliphatic carbocycles. The summed E-state index contributed by atoms with van der Waals surface area (Å²) in [4.78, 5) is 3.00. The van der Waals surface area contributed by atoms with Crippen molar-refractivity contribution in [2.24, 2.45) is 0 Å². The minimum Gasteiger partial charge on any atom is -0.724 e. The molecular weight excluding hydrogens is 67.0 g/mol. The molecule has 0 unspecified atom stereocenters. The van der Waals surface area contributed by atoms with Gasteiger partial charge < -0.3 is 10.1 Å². The quantitative estimate of drug-likeness (QED) is 0.165. The summed E-state index contributed by atoms with van der Waals surface area (Å²) in [5.74, 6) is 0. The maximum atomic E-state index is 8.43. The van der Waals surface area contributed by atoms with E-state index in [0.717, 1.165) is 7.11 Å². The van der Waals surface area contributed by atoms with Crippen molar-refractivity contribution in [3.63, 3.8) is 0 Å². The molecule has 20 valence electrons. The Labute approximate surface area is 47.0 Å². The maximum Gasteiger partial charge on any atom is 1.00 e. The van der Waals surface area contributed by atoms with Crippen LogP contribution in [0.25, 0.3) is 0 Å². The van der Waals surface area contributed by atoms with Gasteiger partial charge in [0.25, 0.3) is 0 Å². The van der Waals surface area contributed by atoms with E-state index >= 15 is 0 Å². The Hall–Kier alpha value is 0.920. The second-order valence-corrected chi connectivity index (χ2v) is 0.167. The molecule has 0 N–H and O–H groups in total. The van der Waals surface area contributed by atoms with Gasteiger partial charge in [0, 0.05) is 7.11 Å². The normalized spacial score (nSPS) is 4.50. The SMILES string of the molecule is CO[O-].[Na+]. The average molecular weight is 70.0 g/mol. The Balaban J connectivity index is 0. The van der Waals surface area contributed by atoms with E-state index in [9.17, 15) is 0 Å². The summed E-state index contributed by atoms with van der Waals surface area (Å²) >= 11 is 0. The van der Waals surface area contributed by atoms with Crippen LogP contribution in [0.3, 0.4) is 0 Å². The van der Waals surface area contributed by atoms with Crippen molar-refractivity contribution >= 4 is 0 Å². The van der Waals surface area contributed by atoms with Crippen molar-refractivity contribution < 1.29 is 39.7 Å². The fourth-order valence-electron chi connectivity index (χ4n) is 0. The van der Waals surface area contributed by atoms with Crippen LogP contribution in [-0.4, -0.2) is 7.11 Å². The van der Waals surface area contributed by atoms with Gasteiger partial charge in [0.05, 0.1) is 0 Å². The van der Waals surface area contributed by atoms with Crippen LogP contribution in [0.15, 0.2) is 0 Å². The van der Waals surface area contributed by atoms with E-state index in [-0.39, 0.29) is 29.6 Å². The molecule has 0 aromatic heterocycles. The van der Waals surface area contributed by atoms with Gasteiger partial charge in [0.15, 0.2) is 0 Å². The fourth-order valence-corrected chi connectivity index (χ4v) is 0. The Bertz CT molecular complexity index is 6.00. The monoisotopic (exact) mass is 70.0 g/mol. The van der Waals surface area contributed by atoms with Gasteiger partial charge in [-0.3, -0.25) is 0 Å². The van der Waals surface area contributed by atoms with E-state index in [4.69, 9.17) is 5.26 Å². The minimum atomic E-state index is 0. The number of rotatable bonds is 0. The molecule has 0 aromatic rings. The standard InChI is InChI=1S/CH4O2.Na/c1-3-2;/h2H,1H3;/q;+1/p-1. The second-order valence-electron chi connectivity index (χ2n) is 0.167. The summed E-state index contributed by atoms with van der Waals surface area (Å²) in [6.45, 7) is 0. The van der Waals surface area contributed by atoms with Crippen molar-refractivity contribution in [1.29, 1.82) is 0 Å². The predicted molar refractivity (Wildman–Crippen MR) is 7.01 cm³/mol. The van der Waals surface area contributed by atoms with Crippen LogP contribution in [-0.2, 0) is 4.89 Å². The van der Waals surface area contributed by atoms with Crippen LogP contribution in [0.5, 0.6) is 0 Å². The van der Waals surface area contributed by atoms with E-state index in [1.54, 1.807) is 0 Å². The summed E-state index contributed by atoms with van der Waals surface area (Å²) in [5, 5.41) is 8.43. The molecule has 2 nitrogen and oxygen atoms in total. The zero-order valence-corrected chi connectivity index (χ0v) is 4.82. The van der Waals surface area contributed by atoms with Crippen LogP contribution in [0, 0.1) is 0 Å². The minimum absolute atomic E-state index is 0. The number of hydrogen-bond donors (Lipinski definition) is 0. The topological polar surface area (TPSA) is 32.3 Å². The van der Waals surface area contributed by atoms with Gasteiger partial charge in [-0.15, -0.1) is 0 Å². The van der Waals surface area contributed by atoms with Gasteiger partial charge in [-0.1, -0.05) is 0 Å². The van der Waals surface area contributed by atoms with Crippen LogP contribution in [0.4, 0.5) is 0 Å².